The normalized spacial score (nSPS) is 9.90. The zero-order chi connectivity index (χ0) is 14.4. The Morgan fingerprint density at radius 2 is 2.00 bits per heavy atom. The minimum atomic E-state index is -0.402. The summed E-state index contributed by atoms with van der Waals surface area (Å²) in [6, 6.07) is 12.2. The summed E-state index contributed by atoms with van der Waals surface area (Å²) in [6.45, 7) is 0.231. The maximum Gasteiger partial charge on any atom is 0.319 e. The Labute approximate surface area is 120 Å². The predicted octanol–water partition coefficient (Wildman–Crippen LogP) is 3.68. The van der Waals surface area contributed by atoms with E-state index in [4.69, 9.17) is 11.9 Å². The summed E-state index contributed by atoms with van der Waals surface area (Å²) >= 11 is 5.23. The van der Waals surface area contributed by atoms with Crippen molar-refractivity contribution in [3.8, 4) is 5.75 Å². The van der Waals surface area contributed by atoms with Crippen LogP contribution in [0.2, 0.25) is 0 Å². The molecule has 2 amide bonds. The van der Waals surface area contributed by atoms with Crippen LogP contribution in [0.25, 0.3) is 0 Å². The average molecular weight is 295 g/mol. The van der Waals surface area contributed by atoms with Crippen LogP contribution in [0.1, 0.15) is 5.56 Å². The average Bonchev–Trinajstić information content (AvgIpc) is 2.45. The van der Waals surface area contributed by atoms with Gasteiger partial charge in [0, 0.05) is 18.3 Å². The summed E-state index contributed by atoms with van der Waals surface area (Å²) in [5.74, 6) is 0.0891. The van der Waals surface area contributed by atoms with Crippen molar-refractivity contribution in [2.45, 2.75) is 6.54 Å². The highest BCUT2D eigenvalue weighted by Gasteiger charge is 2.03. The number of carbonyl (C=O) groups is 1. The van der Waals surface area contributed by atoms with Gasteiger partial charge in [-0.05, 0) is 29.8 Å². The van der Waals surface area contributed by atoms with Crippen molar-refractivity contribution in [2.75, 3.05) is 5.32 Å². The molecule has 0 unspecified atom stereocenters. The Bertz CT molecular complexity index is 607. The fourth-order valence-corrected chi connectivity index (χ4v) is 1.72. The lowest BCUT2D eigenvalue weighted by atomic mass is 10.2. The molecule has 6 heteroatoms. The molecule has 2 aromatic rings. The molecule has 0 atom stereocenters. The number of amides is 2. The van der Waals surface area contributed by atoms with Gasteiger partial charge in [0.25, 0.3) is 0 Å². The number of hydrogen-bond acceptors (Lipinski definition) is 2. The van der Waals surface area contributed by atoms with Crippen molar-refractivity contribution >= 4 is 23.6 Å². The van der Waals surface area contributed by atoms with Gasteiger partial charge in [0.15, 0.2) is 0 Å². The van der Waals surface area contributed by atoms with Crippen molar-refractivity contribution in [2.24, 2.45) is 0 Å². The van der Waals surface area contributed by atoms with E-state index in [1.807, 2.05) is 0 Å². The smallest absolute Gasteiger partial charge is 0.319 e. The standard InChI is InChI=1S/C14H12ClFN2O2/c15-20-13-6-2-5-12(8-13)18-14(19)17-9-10-3-1-4-11(16)7-10/h1-8H,9H2,(H2,17,18,19). The largest absolute Gasteiger partial charge is 0.386 e. The second-order valence-electron chi connectivity index (χ2n) is 4.04. The number of rotatable bonds is 4. The highest BCUT2D eigenvalue weighted by molar-refractivity contribution is 6.09. The Morgan fingerprint density at radius 3 is 2.75 bits per heavy atom. The van der Waals surface area contributed by atoms with Gasteiger partial charge in [-0.1, -0.05) is 18.2 Å². The zero-order valence-corrected chi connectivity index (χ0v) is 11.2. The molecule has 0 bridgehead atoms. The van der Waals surface area contributed by atoms with E-state index in [-0.39, 0.29) is 12.4 Å². The first-order valence-electron chi connectivity index (χ1n) is 5.85. The second kappa shape index (κ2) is 6.77. The number of hydrogen-bond donors (Lipinski definition) is 2. The van der Waals surface area contributed by atoms with Gasteiger partial charge in [-0.3, -0.25) is 0 Å². The molecule has 0 saturated heterocycles. The maximum absolute atomic E-state index is 13.0. The molecule has 2 aromatic carbocycles. The molecular formula is C14H12ClFN2O2. The van der Waals surface area contributed by atoms with Crippen LogP contribution in [-0.2, 0) is 6.54 Å². The third-order valence-electron chi connectivity index (χ3n) is 2.52. The molecular weight excluding hydrogens is 283 g/mol. The molecule has 0 aromatic heterocycles. The van der Waals surface area contributed by atoms with Crippen molar-refractivity contribution in [1.82, 2.24) is 5.32 Å². The monoisotopic (exact) mass is 294 g/mol. The van der Waals surface area contributed by atoms with Crippen molar-refractivity contribution in [3.63, 3.8) is 0 Å². The van der Waals surface area contributed by atoms with Crippen LogP contribution in [-0.4, -0.2) is 6.03 Å². The van der Waals surface area contributed by atoms with Gasteiger partial charge >= 0.3 is 6.03 Å². The molecule has 104 valence electrons. The van der Waals surface area contributed by atoms with E-state index in [2.05, 4.69) is 14.9 Å². The number of carbonyl (C=O) groups excluding carboxylic acids is 1. The van der Waals surface area contributed by atoms with Gasteiger partial charge in [-0.15, -0.1) is 0 Å². The van der Waals surface area contributed by atoms with Crippen LogP contribution >= 0.6 is 11.9 Å². The summed E-state index contributed by atoms with van der Waals surface area (Å²) in [5, 5.41) is 5.24. The van der Waals surface area contributed by atoms with Gasteiger partial charge < -0.3 is 14.9 Å². The number of anilines is 1. The molecule has 0 aliphatic carbocycles. The lowest BCUT2D eigenvalue weighted by Gasteiger charge is -2.08. The van der Waals surface area contributed by atoms with Crippen molar-refractivity contribution in [1.29, 1.82) is 0 Å². The van der Waals surface area contributed by atoms with Crippen LogP contribution in [0.5, 0.6) is 5.75 Å². The van der Waals surface area contributed by atoms with E-state index >= 15 is 0 Å². The summed E-state index contributed by atoms with van der Waals surface area (Å²) in [7, 11) is 0. The highest BCUT2D eigenvalue weighted by Crippen LogP contribution is 2.18. The predicted molar refractivity (Wildman–Crippen MR) is 75.2 cm³/mol. The molecule has 0 aliphatic rings. The third-order valence-corrected chi connectivity index (χ3v) is 2.70. The zero-order valence-electron chi connectivity index (χ0n) is 10.4. The molecule has 2 N–H and O–H groups in total. The first kappa shape index (κ1) is 14.1. The van der Waals surface area contributed by atoms with Crippen LogP contribution < -0.4 is 14.9 Å². The van der Waals surface area contributed by atoms with E-state index < -0.39 is 6.03 Å². The Kier molecular flexibility index (Phi) is 4.79. The Morgan fingerprint density at radius 1 is 1.20 bits per heavy atom. The minimum Gasteiger partial charge on any atom is -0.386 e. The number of halogens is 2. The lowest BCUT2D eigenvalue weighted by molar-refractivity contribution is 0.251. The van der Waals surface area contributed by atoms with E-state index in [1.54, 1.807) is 36.4 Å². The maximum atomic E-state index is 13.0. The van der Waals surface area contributed by atoms with Gasteiger partial charge in [-0.2, -0.15) is 0 Å². The molecule has 20 heavy (non-hydrogen) atoms. The molecule has 2 rings (SSSR count). The molecule has 0 spiro atoms. The SMILES string of the molecule is O=C(NCc1cccc(F)c1)Nc1cccc(OCl)c1. The summed E-state index contributed by atoms with van der Waals surface area (Å²) in [4.78, 5) is 11.7. The second-order valence-corrected chi connectivity index (χ2v) is 4.20. The van der Waals surface area contributed by atoms with E-state index in [0.717, 1.165) is 0 Å². The first-order valence-corrected chi connectivity index (χ1v) is 6.16. The Balaban J connectivity index is 1.89. The molecule has 0 fully saturated rings. The summed E-state index contributed by atoms with van der Waals surface area (Å²) < 4.78 is 17.5. The summed E-state index contributed by atoms with van der Waals surface area (Å²) in [6.07, 6.45) is 0. The van der Waals surface area contributed by atoms with E-state index in [0.29, 0.717) is 17.0 Å². The van der Waals surface area contributed by atoms with Gasteiger partial charge in [0.1, 0.15) is 23.4 Å². The van der Waals surface area contributed by atoms with Crippen molar-refractivity contribution in [3.05, 3.63) is 59.9 Å². The van der Waals surface area contributed by atoms with E-state index in [9.17, 15) is 9.18 Å². The quantitative estimate of drug-likeness (QED) is 0.904. The summed E-state index contributed by atoms with van der Waals surface area (Å²) in [5.41, 5.74) is 1.22. The minimum absolute atomic E-state index is 0.231. The van der Waals surface area contributed by atoms with Crippen LogP contribution in [0.3, 0.4) is 0 Å². The number of urea groups is 1. The van der Waals surface area contributed by atoms with Gasteiger partial charge in [0.2, 0.25) is 0 Å². The molecule has 0 radical (unpaired) electrons. The van der Waals surface area contributed by atoms with Crippen molar-refractivity contribution < 1.29 is 13.5 Å². The fourth-order valence-electron chi connectivity index (χ4n) is 1.63. The molecule has 0 aliphatic heterocycles. The van der Waals surface area contributed by atoms with Gasteiger partial charge in [-0.25, -0.2) is 9.18 Å². The van der Waals surface area contributed by atoms with E-state index in [1.165, 1.54) is 12.1 Å². The third kappa shape index (κ3) is 4.13. The molecule has 0 saturated carbocycles. The topological polar surface area (TPSA) is 50.4 Å². The van der Waals surface area contributed by atoms with Crippen LogP contribution in [0.15, 0.2) is 48.5 Å². The molecule has 0 heterocycles. The number of nitrogens with one attached hydrogen (secondary N) is 2. The lowest BCUT2D eigenvalue weighted by Crippen LogP contribution is -2.28. The first-order chi connectivity index (χ1) is 9.67. The fraction of sp³-hybridized carbons (Fsp3) is 0.0714. The molecule has 4 nitrogen and oxygen atoms in total. The Hall–Kier alpha value is -2.27. The van der Waals surface area contributed by atoms with Crippen LogP contribution in [0.4, 0.5) is 14.9 Å². The number of benzene rings is 2. The van der Waals surface area contributed by atoms with Crippen LogP contribution in [0, 0.1) is 5.82 Å². The highest BCUT2D eigenvalue weighted by atomic mass is 35.5. The van der Waals surface area contributed by atoms with Gasteiger partial charge in [0.05, 0.1) is 0 Å².